The van der Waals surface area contributed by atoms with Crippen molar-refractivity contribution in [2.45, 2.75) is 32.6 Å². The van der Waals surface area contributed by atoms with Crippen molar-refractivity contribution >= 4 is 33.2 Å². The van der Waals surface area contributed by atoms with Gasteiger partial charge in [-0.2, -0.15) is 4.98 Å². The molecule has 7 nitrogen and oxygen atoms in total. The number of aromatic nitrogens is 5. The van der Waals surface area contributed by atoms with Gasteiger partial charge in [-0.3, -0.25) is 4.79 Å². The maximum absolute atomic E-state index is 13.1. The summed E-state index contributed by atoms with van der Waals surface area (Å²) >= 11 is 1.73. The van der Waals surface area contributed by atoms with Gasteiger partial charge >= 0.3 is 0 Å². The topological polar surface area (TPSA) is 76.3 Å². The van der Waals surface area contributed by atoms with E-state index in [0.717, 1.165) is 41.3 Å². The lowest BCUT2D eigenvalue weighted by molar-refractivity contribution is 0.0695. The monoisotopic (exact) mass is 392 g/mol. The third-order valence-corrected chi connectivity index (χ3v) is 6.38. The zero-order valence-electron chi connectivity index (χ0n) is 15.8. The van der Waals surface area contributed by atoms with Crippen molar-refractivity contribution in [3.63, 3.8) is 0 Å². The number of aryl methyl sites for hydroxylation is 2. The van der Waals surface area contributed by atoms with Crippen molar-refractivity contribution in [1.29, 1.82) is 0 Å². The fraction of sp³-hybridized carbons (Fsp3) is 0.350. The van der Waals surface area contributed by atoms with Gasteiger partial charge in [0, 0.05) is 30.4 Å². The van der Waals surface area contributed by atoms with Gasteiger partial charge in [0.2, 0.25) is 5.82 Å². The van der Waals surface area contributed by atoms with Crippen LogP contribution in [0.3, 0.4) is 0 Å². The number of para-hydroxylation sites is 1. The highest BCUT2D eigenvalue weighted by molar-refractivity contribution is 7.18. The predicted molar refractivity (Wildman–Crippen MR) is 108 cm³/mol. The van der Waals surface area contributed by atoms with Gasteiger partial charge in [-0.05, 0) is 44.9 Å². The molecule has 1 fully saturated rings. The molecule has 8 heteroatoms. The van der Waals surface area contributed by atoms with Crippen LogP contribution in [0, 0.1) is 13.8 Å². The van der Waals surface area contributed by atoms with Crippen molar-refractivity contribution in [3.8, 4) is 0 Å². The molecule has 0 bridgehead atoms. The molecule has 5 rings (SSSR count). The van der Waals surface area contributed by atoms with Gasteiger partial charge < -0.3 is 4.90 Å². The number of amides is 1. The molecule has 1 unspecified atom stereocenters. The first-order chi connectivity index (χ1) is 13.6. The third-order valence-electron chi connectivity index (χ3n) is 5.18. The summed E-state index contributed by atoms with van der Waals surface area (Å²) < 4.78 is 2.83. The number of fused-ring (bicyclic) bond motifs is 2. The van der Waals surface area contributed by atoms with E-state index in [1.807, 2.05) is 43.0 Å². The van der Waals surface area contributed by atoms with Gasteiger partial charge in [0.15, 0.2) is 0 Å². The minimum Gasteiger partial charge on any atom is -0.335 e. The molecule has 4 aromatic rings. The van der Waals surface area contributed by atoms with Gasteiger partial charge in [-0.1, -0.05) is 12.1 Å². The smallest absolute Gasteiger partial charge is 0.293 e. The number of rotatable bonds is 2. The minimum absolute atomic E-state index is 0.131. The number of piperidine rings is 1. The molecular formula is C20H20N6OS. The first-order valence-electron chi connectivity index (χ1n) is 9.44. The highest BCUT2D eigenvalue weighted by Crippen LogP contribution is 2.33. The first kappa shape index (κ1) is 17.2. The second kappa shape index (κ2) is 6.63. The van der Waals surface area contributed by atoms with Crippen LogP contribution in [0.4, 0.5) is 0 Å². The molecule has 0 spiro atoms. The Bertz CT molecular complexity index is 1160. The average Bonchev–Trinajstić information content (AvgIpc) is 3.31. The van der Waals surface area contributed by atoms with Crippen LogP contribution in [0.15, 0.2) is 30.3 Å². The summed E-state index contributed by atoms with van der Waals surface area (Å²) in [6, 6.07) is 10.1. The van der Waals surface area contributed by atoms with E-state index in [1.54, 1.807) is 15.9 Å². The van der Waals surface area contributed by atoms with Gasteiger partial charge in [0.1, 0.15) is 0 Å². The number of thiazole rings is 1. The summed E-state index contributed by atoms with van der Waals surface area (Å²) in [5.74, 6) is 0.814. The third kappa shape index (κ3) is 2.93. The zero-order valence-corrected chi connectivity index (χ0v) is 16.6. The van der Waals surface area contributed by atoms with E-state index in [4.69, 9.17) is 4.98 Å². The van der Waals surface area contributed by atoms with E-state index in [9.17, 15) is 4.79 Å². The Kier molecular flexibility index (Phi) is 4.08. The van der Waals surface area contributed by atoms with Crippen LogP contribution < -0.4 is 0 Å². The molecule has 28 heavy (non-hydrogen) atoms. The minimum atomic E-state index is -0.131. The molecule has 0 N–H and O–H groups in total. The lowest BCUT2D eigenvalue weighted by atomic mass is 9.98. The summed E-state index contributed by atoms with van der Waals surface area (Å²) in [5.41, 5.74) is 2.82. The normalized spacial score (nSPS) is 17.5. The van der Waals surface area contributed by atoms with Crippen LogP contribution in [0.1, 0.15) is 45.8 Å². The number of nitrogens with zero attached hydrogens (tertiary/aromatic N) is 6. The highest BCUT2D eigenvalue weighted by Gasteiger charge is 2.29. The molecule has 1 amide bonds. The lowest BCUT2D eigenvalue weighted by Gasteiger charge is -2.31. The highest BCUT2D eigenvalue weighted by atomic mass is 32.1. The van der Waals surface area contributed by atoms with E-state index in [0.29, 0.717) is 12.3 Å². The Morgan fingerprint density at radius 3 is 2.89 bits per heavy atom. The van der Waals surface area contributed by atoms with Crippen LogP contribution in [-0.2, 0) is 0 Å². The Morgan fingerprint density at radius 1 is 1.18 bits per heavy atom. The summed E-state index contributed by atoms with van der Waals surface area (Å²) in [7, 11) is 0. The Labute approximate surface area is 166 Å². The van der Waals surface area contributed by atoms with Crippen LogP contribution in [0.25, 0.3) is 16.0 Å². The molecule has 0 radical (unpaired) electrons. The molecule has 0 aliphatic carbocycles. The van der Waals surface area contributed by atoms with Crippen LogP contribution in [-0.4, -0.2) is 48.5 Å². The lowest BCUT2D eigenvalue weighted by Crippen LogP contribution is -2.39. The number of likely N-dealkylation sites (tertiary alicyclic amines) is 1. The van der Waals surface area contributed by atoms with E-state index < -0.39 is 0 Å². The summed E-state index contributed by atoms with van der Waals surface area (Å²) in [6.07, 6.45) is 2.00. The standard InChI is InChI=1S/C20H20N6OS/c1-12-10-13(2)26-20(21-12)23-17(24-26)19(27)25-9-5-6-14(11-25)18-22-15-7-3-4-8-16(15)28-18/h3-4,7-8,10,14H,5-6,9,11H2,1-2H3. The predicted octanol–water partition coefficient (Wildman–Crippen LogP) is 3.37. The van der Waals surface area contributed by atoms with Crippen LogP contribution in [0.2, 0.25) is 0 Å². The molecule has 0 saturated carbocycles. The maximum atomic E-state index is 13.1. The largest absolute Gasteiger partial charge is 0.335 e. The number of hydrogen-bond donors (Lipinski definition) is 0. The van der Waals surface area contributed by atoms with Crippen molar-refractivity contribution in [2.24, 2.45) is 0 Å². The summed E-state index contributed by atoms with van der Waals surface area (Å²) in [4.78, 5) is 28.5. The second-order valence-corrected chi connectivity index (χ2v) is 8.36. The number of benzene rings is 1. The fourth-order valence-electron chi connectivity index (χ4n) is 3.83. The van der Waals surface area contributed by atoms with E-state index in [1.165, 1.54) is 4.70 Å². The van der Waals surface area contributed by atoms with Crippen molar-refractivity contribution < 1.29 is 4.79 Å². The molecule has 1 aromatic carbocycles. The SMILES string of the molecule is Cc1cc(C)n2nc(C(=O)N3CCCC(c4nc5ccccc5s4)C3)nc2n1. The van der Waals surface area contributed by atoms with E-state index >= 15 is 0 Å². The molecular weight excluding hydrogens is 372 g/mol. The molecule has 1 saturated heterocycles. The summed E-state index contributed by atoms with van der Waals surface area (Å²) in [6.45, 7) is 5.23. The van der Waals surface area contributed by atoms with Crippen molar-refractivity contribution in [1.82, 2.24) is 29.5 Å². The Morgan fingerprint density at radius 2 is 2.04 bits per heavy atom. The van der Waals surface area contributed by atoms with E-state index in [-0.39, 0.29) is 17.6 Å². The van der Waals surface area contributed by atoms with Crippen molar-refractivity contribution in [2.75, 3.05) is 13.1 Å². The number of hydrogen-bond acceptors (Lipinski definition) is 6. The van der Waals surface area contributed by atoms with Crippen molar-refractivity contribution in [3.05, 3.63) is 52.6 Å². The maximum Gasteiger partial charge on any atom is 0.293 e. The molecule has 4 heterocycles. The van der Waals surface area contributed by atoms with Gasteiger partial charge in [0.25, 0.3) is 11.7 Å². The van der Waals surface area contributed by atoms with Gasteiger partial charge in [-0.25, -0.2) is 14.5 Å². The molecule has 1 aliphatic heterocycles. The Hall–Kier alpha value is -2.87. The second-order valence-electron chi connectivity index (χ2n) is 7.30. The molecule has 1 aliphatic rings. The fourth-order valence-corrected chi connectivity index (χ4v) is 4.92. The average molecular weight is 392 g/mol. The van der Waals surface area contributed by atoms with Crippen LogP contribution in [0.5, 0.6) is 0 Å². The molecule has 1 atom stereocenters. The number of carbonyl (C=O) groups excluding carboxylic acids is 1. The van der Waals surface area contributed by atoms with Gasteiger partial charge in [0.05, 0.1) is 15.2 Å². The number of carbonyl (C=O) groups is 1. The molecule has 3 aromatic heterocycles. The van der Waals surface area contributed by atoms with Crippen LogP contribution >= 0.6 is 11.3 Å². The Balaban J connectivity index is 1.41. The molecule has 142 valence electrons. The first-order valence-corrected chi connectivity index (χ1v) is 10.3. The zero-order chi connectivity index (χ0) is 19.3. The quantitative estimate of drug-likeness (QED) is 0.523. The van der Waals surface area contributed by atoms with E-state index in [2.05, 4.69) is 21.1 Å². The summed E-state index contributed by atoms with van der Waals surface area (Å²) in [5, 5.41) is 5.51. The van der Waals surface area contributed by atoms with Gasteiger partial charge in [-0.15, -0.1) is 16.4 Å².